The zero-order chi connectivity index (χ0) is 14.1. The first-order chi connectivity index (χ1) is 9.63. The first-order valence-corrected chi connectivity index (χ1v) is 7.01. The number of anilines is 1. The van der Waals surface area contributed by atoms with Crippen LogP contribution < -0.4 is 10.6 Å². The molecule has 0 bridgehead atoms. The van der Waals surface area contributed by atoms with Gasteiger partial charge in [-0.25, -0.2) is 4.39 Å². The largest absolute Gasteiger partial charge is 0.367 e. The van der Waals surface area contributed by atoms with Gasteiger partial charge in [0.05, 0.1) is 0 Å². The second-order valence-electron chi connectivity index (χ2n) is 5.47. The van der Waals surface area contributed by atoms with Gasteiger partial charge >= 0.3 is 0 Å². The van der Waals surface area contributed by atoms with Crippen LogP contribution in [-0.4, -0.2) is 6.54 Å². The van der Waals surface area contributed by atoms with Gasteiger partial charge in [0, 0.05) is 24.8 Å². The SMILES string of the molecule is CC(N)c1ccc2c(c1)CCN2Cc1ccc(F)cc1. The van der Waals surface area contributed by atoms with Crippen LogP contribution in [0.2, 0.25) is 0 Å². The summed E-state index contributed by atoms with van der Waals surface area (Å²) in [5.41, 5.74) is 10.9. The average molecular weight is 270 g/mol. The lowest BCUT2D eigenvalue weighted by molar-refractivity contribution is 0.626. The molecule has 0 fully saturated rings. The molecule has 0 aromatic heterocycles. The molecule has 2 aromatic carbocycles. The van der Waals surface area contributed by atoms with Gasteiger partial charge in [-0.3, -0.25) is 0 Å². The summed E-state index contributed by atoms with van der Waals surface area (Å²) in [7, 11) is 0. The molecule has 3 rings (SSSR count). The molecule has 1 heterocycles. The number of hydrogen-bond acceptors (Lipinski definition) is 2. The Balaban J connectivity index is 1.81. The van der Waals surface area contributed by atoms with Crippen LogP contribution in [0, 0.1) is 5.82 Å². The Bertz CT molecular complexity index is 605. The van der Waals surface area contributed by atoms with E-state index in [0.717, 1.165) is 25.1 Å². The van der Waals surface area contributed by atoms with E-state index in [9.17, 15) is 4.39 Å². The van der Waals surface area contributed by atoms with Crippen molar-refractivity contribution in [2.24, 2.45) is 5.73 Å². The lowest BCUT2D eigenvalue weighted by Crippen LogP contribution is -2.19. The smallest absolute Gasteiger partial charge is 0.123 e. The number of nitrogens with zero attached hydrogens (tertiary/aromatic N) is 1. The monoisotopic (exact) mass is 270 g/mol. The predicted octanol–water partition coefficient (Wildman–Crippen LogP) is 3.41. The number of hydrogen-bond donors (Lipinski definition) is 1. The van der Waals surface area contributed by atoms with E-state index < -0.39 is 0 Å². The molecule has 20 heavy (non-hydrogen) atoms. The summed E-state index contributed by atoms with van der Waals surface area (Å²) in [6.45, 7) is 3.84. The fraction of sp³-hybridized carbons (Fsp3) is 0.294. The van der Waals surface area contributed by atoms with Gasteiger partial charge in [-0.1, -0.05) is 24.3 Å². The van der Waals surface area contributed by atoms with Gasteiger partial charge in [-0.2, -0.15) is 0 Å². The number of fused-ring (bicyclic) bond motifs is 1. The zero-order valence-electron chi connectivity index (χ0n) is 11.6. The number of rotatable bonds is 3. The lowest BCUT2D eigenvalue weighted by atomic mass is 10.0. The molecule has 2 aromatic rings. The zero-order valence-corrected chi connectivity index (χ0v) is 11.6. The van der Waals surface area contributed by atoms with Crippen LogP contribution in [0.5, 0.6) is 0 Å². The molecule has 3 heteroatoms. The van der Waals surface area contributed by atoms with Crippen molar-refractivity contribution in [2.45, 2.75) is 25.9 Å². The van der Waals surface area contributed by atoms with Crippen molar-refractivity contribution in [3.05, 3.63) is 65.0 Å². The first kappa shape index (κ1) is 13.1. The van der Waals surface area contributed by atoms with Gasteiger partial charge in [-0.05, 0) is 48.2 Å². The van der Waals surface area contributed by atoms with E-state index in [4.69, 9.17) is 5.73 Å². The minimum Gasteiger partial charge on any atom is -0.367 e. The predicted molar refractivity (Wildman–Crippen MR) is 80.2 cm³/mol. The molecule has 0 radical (unpaired) electrons. The maximum absolute atomic E-state index is 12.9. The Labute approximate surface area is 119 Å². The third-order valence-electron chi connectivity index (χ3n) is 3.91. The molecule has 1 unspecified atom stereocenters. The lowest BCUT2D eigenvalue weighted by Gasteiger charge is -2.20. The van der Waals surface area contributed by atoms with Crippen molar-refractivity contribution in [1.29, 1.82) is 0 Å². The Hall–Kier alpha value is -1.87. The third kappa shape index (κ3) is 2.54. The molecule has 0 spiro atoms. The average Bonchev–Trinajstić information content (AvgIpc) is 2.84. The Kier molecular flexibility index (Phi) is 3.45. The normalized spacial score (nSPS) is 15.2. The van der Waals surface area contributed by atoms with E-state index >= 15 is 0 Å². The van der Waals surface area contributed by atoms with Crippen molar-refractivity contribution < 1.29 is 4.39 Å². The standard InChI is InChI=1S/C17H19FN2/c1-12(19)14-4-7-17-15(10-14)8-9-20(17)11-13-2-5-16(18)6-3-13/h2-7,10,12H,8-9,11,19H2,1H3. The summed E-state index contributed by atoms with van der Waals surface area (Å²) in [5, 5.41) is 0. The second-order valence-corrected chi connectivity index (χ2v) is 5.47. The Morgan fingerprint density at radius 2 is 1.95 bits per heavy atom. The summed E-state index contributed by atoms with van der Waals surface area (Å²) in [6.07, 6.45) is 1.05. The van der Waals surface area contributed by atoms with Crippen molar-refractivity contribution in [3.8, 4) is 0 Å². The maximum atomic E-state index is 12.9. The quantitative estimate of drug-likeness (QED) is 0.926. The third-order valence-corrected chi connectivity index (χ3v) is 3.91. The van der Waals surface area contributed by atoms with E-state index in [1.807, 2.05) is 19.1 Å². The minimum absolute atomic E-state index is 0.0754. The molecule has 1 aliphatic rings. The summed E-state index contributed by atoms with van der Waals surface area (Å²) in [6, 6.07) is 13.3. The molecule has 1 atom stereocenters. The van der Waals surface area contributed by atoms with E-state index in [1.54, 1.807) is 0 Å². The molecule has 0 amide bonds. The highest BCUT2D eigenvalue weighted by molar-refractivity contribution is 5.59. The second kappa shape index (κ2) is 5.25. The van der Waals surface area contributed by atoms with Gasteiger partial charge in [0.15, 0.2) is 0 Å². The molecule has 104 valence electrons. The van der Waals surface area contributed by atoms with Gasteiger partial charge in [0.2, 0.25) is 0 Å². The fourth-order valence-electron chi connectivity index (χ4n) is 2.75. The molecule has 0 aliphatic carbocycles. The molecule has 0 saturated heterocycles. The number of halogens is 1. The molecule has 0 saturated carbocycles. The van der Waals surface area contributed by atoms with Crippen LogP contribution in [0.15, 0.2) is 42.5 Å². The fourth-order valence-corrected chi connectivity index (χ4v) is 2.75. The number of benzene rings is 2. The molecule has 1 aliphatic heterocycles. The van der Waals surface area contributed by atoms with Crippen molar-refractivity contribution in [1.82, 2.24) is 0 Å². The van der Waals surface area contributed by atoms with Crippen LogP contribution in [0.3, 0.4) is 0 Å². The van der Waals surface area contributed by atoms with Crippen molar-refractivity contribution in [2.75, 3.05) is 11.4 Å². The van der Waals surface area contributed by atoms with Crippen LogP contribution >= 0.6 is 0 Å². The molecule has 2 N–H and O–H groups in total. The van der Waals surface area contributed by atoms with Gasteiger partial charge in [0.1, 0.15) is 5.82 Å². The Morgan fingerprint density at radius 1 is 1.20 bits per heavy atom. The topological polar surface area (TPSA) is 29.3 Å². The van der Waals surface area contributed by atoms with E-state index in [1.165, 1.54) is 28.9 Å². The van der Waals surface area contributed by atoms with Crippen LogP contribution in [-0.2, 0) is 13.0 Å². The highest BCUT2D eigenvalue weighted by atomic mass is 19.1. The maximum Gasteiger partial charge on any atom is 0.123 e. The van der Waals surface area contributed by atoms with Gasteiger partial charge in [-0.15, -0.1) is 0 Å². The van der Waals surface area contributed by atoms with Gasteiger partial charge < -0.3 is 10.6 Å². The molecular formula is C17H19FN2. The summed E-state index contributed by atoms with van der Waals surface area (Å²) >= 11 is 0. The van der Waals surface area contributed by atoms with E-state index in [-0.39, 0.29) is 11.9 Å². The van der Waals surface area contributed by atoms with Crippen molar-refractivity contribution >= 4 is 5.69 Å². The number of nitrogens with two attached hydrogens (primary N) is 1. The van der Waals surface area contributed by atoms with Crippen LogP contribution in [0.25, 0.3) is 0 Å². The Morgan fingerprint density at radius 3 is 2.65 bits per heavy atom. The molecular weight excluding hydrogens is 251 g/mol. The summed E-state index contributed by atoms with van der Waals surface area (Å²) < 4.78 is 12.9. The minimum atomic E-state index is -0.183. The molecule has 2 nitrogen and oxygen atoms in total. The highest BCUT2D eigenvalue weighted by Gasteiger charge is 2.19. The van der Waals surface area contributed by atoms with Crippen LogP contribution in [0.4, 0.5) is 10.1 Å². The summed E-state index contributed by atoms with van der Waals surface area (Å²) in [4.78, 5) is 2.34. The van der Waals surface area contributed by atoms with E-state index in [2.05, 4.69) is 23.1 Å². The van der Waals surface area contributed by atoms with Crippen molar-refractivity contribution in [3.63, 3.8) is 0 Å². The highest BCUT2D eigenvalue weighted by Crippen LogP contribution is 2.31. The first-order valence-electron chi connectivity index (χ1n) is 7.01. The van der Waals surface area contributed by atoms with Gasteiger partial charge in [0.25, 0.3) is 0 Å². The van der Waals surface area contributed by atoms with Crippen LogP contribution in [0.1, 0.15) is 29.7 Å². The summed E-state index contributed by atoms with van der Waals surface area (Å²) in [5.74, 6) is -0.183. The van der Waals surface area contributed by atoms with E-state index in [0.29, 0.717) is 0 Å².